The van der Waals surface area contributed by atoms with Crippen LogP contribution in [0.1, 0.15) is 55.0 Å². The van der Waals surface area contributed by atoms with E-state index in [1.807, 2.05) is 30.0 Å². The number of benzene rings is 4. The van der Waals surface area contributed by atoms with Gasteiger partial charge in [0, 0.05) is 39.4 Å². The minimum absolute atomic E-state index is 0.275. The maximum Gasteiger partial charge on any atom is 0.185 e. The van der Waals surface area contributed by atoms with Gasteiger partial charge in [-0.2, -0.15) is 0 Å². The van der Waals surface area contributed by atoms with Gasteiger partial charge in [0.15, 0.2) is 17.3 Å². The van der Waals surface area contributed by atoms with E-state index in [4.69, 9.17) is 9.47 Å². The van der Waals surface area contributed by atoms with E-state index in [2.05, 4.69) is 0 Å². The van der Waals surface area contributed by atoms with Gasteiger partial charge in [0.25, 0.3) is 0 Å². The molecule has 0 radical (unpaired) electrons. The van der Waals surface area contributed by atoms with Gasteiger partial charge in [-0.3, -0.25) is 14.4 Å². The molecule has 1 fully saturated rings. The number of ether oxygens (including phenoxy) is 2. The van der Waals surface area contributed by atoms with Gasteiger partial charge in [0.1, 0.15) is 28.8 Å². The smallest absolute Gasteiger partial charge is 0.185 e. The fourth-order valence-corrected chi connectivity index (χ4v) is 7.24. The zero-order valence-corrected chi connectivity index (χ0v) is 23.6. The highest BCUT2D eigenvalue weighted by atomic mass is 19.1. The standard InChI is InChI=1S/C36H28FNO5/c1-3-43-29-11-7-6-10-27(29)31-32(33(39)21-12-16-24(42-2)17-13-21)38-28-18-15-23(37)20-22(28)14-19-30(38)36(31)34(40)25-8-4-5-9-26(25)35(36)41/h4-20,30-32H,3H2,1-2H3/t30-,31+,32-/m0/s1. The molecule has 3 atom stereocenters. The lowest BCUT2D eigenvalue weighted by Crippen LogP contribution is -2.48. The number of para-hydroxylation sites is 1. The van der Waals surface area contributed by atoms with Crippen LogP contribution in [-0.4, -0.2) is 43.2 Å². The van der Waals surface area contributed by atoms with Crippen molar-refractivity contribution in [2.24, 2.45) is 5.41 Å². The molecule has 6 nitrogen and oxygen atoms in total. The average Bonchev–Trinajstić information content (AvgIpc) is 3.47. The van der Waals surface area contributed by atoms with Crippen LogP contribution in [0.2, 0.25) is 0 Å². The summed E-state index contributed by atoms with van der Waals surface area (Å²) in [5, 5.41) is 0. The Morgan fingerprint density at radius 1 is 0.907 bits per heavy atom. The summed E-state index contributed by atoms with van der Waals surface area (Å²) in [6, 6.07) is 23.5. The van der Waals surface area contributed by atoms with Crippen molar-refractivity contribution in [3.05, 3.63) is 131 Å². The number of methoxy groups -OCH3 is 1. The van der Waals surface area contributed by atoms with E-state index >= 15 is 0 Å². The quantitative estimate of drug-likeness (QED) is 0.192. The van der Waals surface area contributed by atoms with E-state index in [9.17, 15) is 18.8 Å². The van der Waals surface area contributed by atoms with Gasteiger partial charge in [-0.25, -0.2) is 4.39 Å². The first-order valence-corrected chi connectivity index (χ1v) is 14.3. The minimum Gasteiger partial charge on any atom is -0.497 e. The molecule has 0 unspecified atom stereocenters. The zero-order chi connectivity index (χ0) is 29.9. The van der Waals surface area contributed by atoms with Crippen molar-refractivity contribution in [3.63, 3.8) is 0 Å². The third-order valence-corrected chi connectivity index (χ3v) is 8.96. The second-order valence-electron chi connectivity index (χ2n) is 11.0. The highest BCUT2D eigenvalue weighted by Gasteiger charge is 2.72. The van der Waals surface area contributed by atoms with E-state index in [0.717, 1.165) is 0 Å². The Morgan fingerprint density at radius 3 is 2.26 bits per heavy atom. The maximum absolute atomic E-state index is 14.8. The Balaban J connectivity index is 1.55. The third-order valence-electron chi connectivity index (χ3n) is 8.96. The SMILES string of the molecule is CCOc1ccccc1[C@@H]1[C@@H](C(=O)c2ccc(OC)cc2)N2c3ccc(F)cc3C=C[C@H]2C12C(=O)c1ccccc1C2=O. The van der Waals surface area contributed by atoms with Gasteiger partial charge in [-0.15, -0.1) is 0 Å². The fourth-order valence-electron chi connectivity index (χ4n) is 7.24. The van der Waals surface area contributed by atoms with Crippen LogP contribution in [-0.2, 0) is 0 Å². The largest absolute Gasteiger partial charge is 0.497 e. The lowest BCUT2D eigenvalue weighted by Gasteiger charge is -2.37. The number of halogens is 1. The number of nitrogens with zero attached hydrogens (tertiary/aromatic N) is 1. The van der Waals surface area contributed by atoms with E-state index in [1.54, 1.807) is 79.9 Å². The molecular formula is C36H28FNO5. The lowest BCUT2D eigenvalue weighted by molar-refractivity contribution is 0.0664. The summed E-state index contributed by atoms with van der Waals surface area (Å²) < 4.78 is 25.8. The number of rotatable bonds is 6. The topological polar surface area (TPSA) is 72.9 Å². The van der Waals surface area contributed by atoms with Crippen LogP contribution in [0.3, 0.4) is 0 Å². The Morgan fingerprint density at radius 2 is 1.58 bits per heavy atom. The zero-order valence-electron chi connectivity index (χ0n) is 23.6. The highest BCUT2D eigenvalue weighted by molar-refractivity contribution is 6.32. The first kappa shape index (κ1) is 26.8. The molecule has 7 heteroatoms. The van der Waals surface area contributed by atoms with Crippen LogP contribution >= 0.6 is 0 Å². The van der Waals surface area contributed by atoms with Crippen molar-refractivity contribution in [3.8, 4) is 11.5 Å². The second-order valence-corrected chi connectivity index (χ2v) is 11.0. The van der Waals surface area contributed by atoms with Crippen molar-refractivity contribution in [1.82, 2.24) is 0 Å². The van der Waals surface area contributed by atoms with E-state index in [-0.39, 0.29) is 17.3 Å². The monoisotopic (exact) mass is 573 g/mol. The summed E-state index contributed by atoms with van der Waals surface area (Å²) in [6.45, 7) is 2.21. The number of hydrogen-bond donors (Lipinski definition) is 0. The summed E-state index contributed by atoms with van der Waals surface area (Å²) >= 11 is 0. The summed E-state index contributed by atoms with van der Waals surface area (Å²) in [4.78, 5) is 46.2. The van der Waals surface area contributed by atoms with E-state index < -0.39 is 29.2 Å². The number of hydrogen-bond acceptors (Lipinski definition) is 6. The molecule has 7 rings (SSSR count). The van der Waals surface area contributed by atoms with Crippen molar-refractivity contribution in [2.75, 3.05) is 18.6 Å². The highest BCUT2D eigenvalue weighted by Crippen LogP contribution is 2.62. The first-order valence-electron chi connectivity index (χ1n) is 14.3. The van der Waals surface area contributed by atoms with Gasteiger partial charge in [-0.05, 0) is 55.5 Å². The molecule has 1 spiro atoms. The number of anilines is 1. The van der Waals surface area contributed by atoms with Gasteiger partial charge in [0.2, 0.25) is 0 Å². The number of carbonyl (C=O) groups is 3. The molecule has 0 N–H and O–H groups in total. The minimum atomic E-state index is -1.67. The van der Waals surface area contributed by atoms with Crippen LogP contribution in [0.25, 0.3) is 6.08 Å². The molecule has 214 valence electrons. The normalized spacial score (nSPS) is 21.0. The molecular weight excluding hydrogens is 545 g/mol. The summed E-state index contributed by atoms with van der Waals surface area (Å²) in [6.07, 6.45) is 3.53. The van der Waals surface area contributed by atoms with E-state index in [0.29, 0.717) is 51.6 Å². The fraction of sp³-hybridized carbons (Fsp3) is 0.194. The van der Waals surface area contributed by atoms with E-state index in [1.165, 1.54) is 12.1 Å². The van der Waals surface area contributed by atoms with Crippen LogP contribution in [0.15, 0.2) is 97.1 Å². The van der Waals surface area contributed by atoms with Gasteiger partial charge < -0.3 is 14.4 Å². The number of fused-ring (bicyclic) bond motifs is 5. The molecule has 4 aromatic carbocycles. The van der Waals surface area contributed by atoms with Gasteiger partial charge >= 0.3 is 0 Å². The van der Waals surface area contributed by atoms with Crippen LogP contribution < -0.4 is 14.4 Å². The third kappa shape index (κ3) is 3.74. The molecule has 43 heavy (non-hydrogen) atoms. The summed E-state index contributed by atoms with van der Waals surface area (Å²) in [5.74, 6) is -1.20. The number of Topliss-reactive ketones (excluding diaryl/α,β-unsaturated/α-hetero) is 3. The molecule has 0 saturated carbocycles. The van der Waals surface area contributed by atoms with Crippen LogP contribution in [0, 0.1) is 11.2 Å². The van der Waals surface area contributed by atoms with Crippen LogP contribution in [0.4, 0.5) is 10.1 Å². The number of ketones is 3. The molecule has 3 aliphatic rings. The molecule has 0 bridgehead atoms. The Labute approximate surface area is 248 Å². The molecule has 0 aromatic heterocycles. The predicted molar refractivity (Wildman–Crippen MR) is 161 cm³/mol. The Bertz CT molecular complexity index is 1790. The van der Waals surface area contributed by atoms with Gasteiger partial charge in [-0.1, -0.05) is 54.6 Å². The molecule has 1 aliphatic carbocycles. The van der Waals surface area contributed by atoms with Gasteiger partial charge in [0.05, 0.1) is 19.8 Å². The first-order chi connectivity index (χ1) is 20.9. The molecule has 2 aliphatic heterocycles. The lowest BCUT2D eigenvalue weighted by atomic mass is 9.64. The second kappa shape index (κ2) is 10.1. The number of carbonyl (C=O) groups excluding carboxylic acids is 3. The Kier molecular flexibility index (Phi) is 6.27. The molecule has 4 aromatic rings. The average molecular weight is 574 g/mol. The maximum atomic E-state index is 14.8. The van der Waals surface area contributed by atoms with Crippen molar-refractivity contribution in [1.29, 1.82) is 0 Å². The summed E-state index contributed by atoms with van der Waals surface area (Å²) in [5.41, 5.74) is 1.13. The van der Waals surface area contributed by atoms with Crippen LogP contribution in [0.5, 0.6) is 11.5 Å². The molecule has 2 heterocycles. The van der Waals surface area contributed by atoms with Crippen molar-refractivity contribution < 1.29 is 28.2 Å². The molecule has 1 saturated heterocycles. The van der Waals surface area contributed by atoms with Crippen molar-refractivity contribution in [2.45, 2.75) is 24.9 Å². The predicted octanol–water partition coefficient (Wildman–Crippen LogP) is 6.55. The molecule has 0 amide bonds. The van der Waals surface area contributed by atoms with Crippen molar-refractivity contribution >= 4 is 29.1 Å². The Hall–Kier alpha value is -5.04. The summed E-state index contributed by atoms with van der Waals surface area (Å²) in [7, 11) is 1.55.